The van der Waals surface area contributed by atoms with Crippen molar-refractivity contribution in [2.75, 3.05) is 31.1 Å². The predicted molar refractivity (Wildman–Crippen MR) is 114 cm³/mol. The van der Waals surface area contributed by atoms with Crippen LogP contribution in [0, 0.1) is 5.92 Å². The van der Waals surface area contributed by atoms with E-state index >= 15 is 0 Å². The number of benzene rings is 1. The molecular weight excluding hydrogens is 364 g/mol. The SMILES string of the molecule is O=C([C@H]1CCCN(c2cnn(Cc3ccccc3)c(=O)c2)C1)N1CCCCCC1. The lowest BCUT2D eigenvalue weighted by atomic mass is 9.96. The molecule has 2 aromatic rings. The van der Waals surface area contributed by atoms with Gasteiger partial charge in [-0.25, -0.2) is 4.68 Å². The maximum absolute atomic E-state index is 13.0. The zero-order valence-corrected chi connectivity index (χ0v) is 17.0. The maximum Gasteiger partial charge on any atom is 0.269 e. The Labute approximate surface area is 172 Å². The van der Waals surface area contributed by atoms with E-state index in [0.717, 1.165) is 56.6 Å². The van der Waals surface area contributed by atoms with Crippen LogP contribution in [-0.2, 0) is 11.3 Å². The molecule has 2 fully saturated rings. The zero-order chi connectivity index (χ0) is 20.1. The van der Waals surface area contributed by atoms with Crippen LogP contribution in [0.15, 0.2) is 47.4 Å². The van der Waals surface area contributed by atoms with Crippen molar-refractivity contribution in [1.29, 1.82) is 0 Å². The topological polar surface area (TPSA) is 58.4 Å². The molecule has 0 N–H and O–H groups in total. The molecule has 0 unspecified atom stereocenters. The van der Waals surface area contributed by atoms with Crippen LogP contribution in [0.3, 0.4) is 0 Å². The Morgan fingerprint density at radius 3 is 2.48 bits per heavy atom. The number of likely N-dealkylation sites (tertiary alicyclic amines) is 1. The number of carbonyl (C=O) groups excluding carboxylic acids is 1. The molecule has 2 saturated heterocycles. The van der Waals surface area contributed by atoms with Crippen molar-refractivity contribution in [2.45, 2.75) is 45.1 Å². The second kappa shape index (κ2) is 9.25. The second-order valence-corrected chi connectivity index (χ2v) is 8.22. The average Bonchev–Trinajstić information content (AvgIpc) is 3.05. The number of rotatable bonds is 4. The smallest absolute Gasteiger partial charge is 0.269 e. The molecule has 4 rings (SSSR count). The van der Waals surface area contributed by atoms with Crippen molar-refractivity contribution in [3.05, 3.63) is 58.5 Å². The fraction of sp³-hybridized carbons (Fsp3) is 0.522. The summed E-state index contributed by atoms with van der Waals surface area (Å²) >= 11 is 0. The van der Waals surface area contributed by atoms with Crippen LogP contribution >= 0.6 is 0 Å². The normalized spacial score (nSPS) is 20.3. The molecule has 0 saturated carbocycles. The first-order chi connectivity index (χ1) is 14.2. The molecule has 154 valence electrons. The fourth-order valence-electron chi connectivity index (χ4n) is 4.43. The Bertz CT molecular complexity index is 872. The van der Waals surface area contributed by atoms with Gasteiger partial charge >= 0.3 is 0 Å². The van der Waals surface area contributed by atoms with Gasteiger partial charge in [-0.2, -0.15) is 5.10 Å². The molecule has 2 aliphatic heterocycles. The Morgan fingerprint density at radius 2 is 1.76 bits per heavy atom. The van der Waals surface area contributed by atoms with Crippen molar-refractivity contribution < 1.29 is 4.79 Å². The third-order valence-electron chi connectivity index (χ3n) is 6.08. The van der Waals surface area contributed by atoms with Gasteiger partial charge in [0.25, 0.3) is 5.56 Å². The highest BCUT2D eigenvalue weighted by Gasteiger charge is 2.30. The highest BCUT2D eigenvalue weighted by Crippen LogP contribution is 2.24. The highest BCUT2D eigenvalue weighted by molar-refractivity contribution is 5.79. The first-order valence-corrected chi connectivity index (χ1v) is 10.9. The van der Waals surface area contributed by atoms with E-state index in [0.29, 0.717) is 19.0 Å². The maximum atomic E-state index is 13.0. The van der Waals surface area contributed by atoms with Crippen LogP contribution in [0.4, 0.5) is 5.69 Å². The number of aromatic nitrogens is 2. The van der Waals surface area contributed by atoms with E-state index in [2.05, 4.69) is 14.9 Å². The number of anilines is 1. The summed E-state index contributed by atoms with van der Waals surface area (Å²) in [5, 5.41) is 4.39. The number of amides is 1. The van der Waals surface area contributed by atoms with E-state index in [1.807, 2.05) is 30.3 Å². The third kappa shape index (κ3) is 4.86. The first kappa shape index (κ1) is 19.7. The molecule has 0 spiro atoms. The third-order valence-corrected chi connectivity index (χ3v) is 6.08. The van der Waals surface area contributed by atoms with Crippen LogP contribution in [0.5, 0.6) is 0 Å². The Kier molecular flexibility index (Phi) is 6.27. The summed E-state index contributed by atoms with van der Waals surface area (Å²) in [5.74, 6) is 0.315. The molecule has 0 bridgehead atoms. The van der Waals surface area contributed by atoms with E-state index in [9.17, 15) is 9.59 Å². The summed E-state index contributed by atoms with van der Waals surface area (Å²) in [7, 11) is 0. The van der Waals surface area contributed by atoms with Crippen LogP contribution in [0.1, 0.15) is 44.1 Å². The van der Waals surface area contributed by atoms with Crippen LogP contribution in [0.2, 0.25) is 0 Å². The molecule has 3 heterocycles. The van der Waals surface area contributed by atoms with E-state index in [4.69, 9.17) is 0 Å². The molecule has 6 heteroatoms. The average molecular weight is 395 g/mol. The van der Waals surface area contributed by atoms with Crippen LogP contribution in [-0.4, -0.2) is 46.8 Å². The van der Waals surface area contributed by atoms with Gasteiger partial charge in [-0.05, 0) is 31.2 Å². The Hall–Kier alpha value is -2.63. The summed E-state index contributed by atoms with van der Waals surface area (Å²) in [6, 6.07) is 11.5. The highest BCUT2D eigenvalue weighted by atomic mass is 16.2. The molecular formula is C23H30N4O2. The van der Waals surface area contributed by atoms with E-state index in [1.165, 1.54) is 17.5 Å². The number of piperidine rings is 1. The van der Waals surface area contributed by atoms with Gasteiger partial charge in [0.15, 0.2) is 0 Å². The molecule has 0 aliphatic carbocycles. The molecule has 1 aromatic heterocycles. The summed E-state index contributed by atoms with van der Waals surface area (Å²) in [6.45, 7) is 3.81. The molecule has 29 heavy (non-hydrogen) atoms. The van der Waals surface area contributed by atoms with Gasteiger partial charge in [-0.1, -0.05) is 43.2 Å². The molecule has 0 radical (unpaired) electrons. The van der Waals surface area contributed by atoms with Gasteiger partial charge in [0, 0.05) is 32.2 Å². The van der Waals surface area contributed by atoms with E-state index < -0.39 is 0 Å². The standard InChI is InChI=1S/C23H30N4O2/c28-22-15-21(16-24-27(22)17-19-9-4-3-5-10-19)26-14-8-11-20(18-26)23(29)25-12-6-1-2-7-13-25/h3-5,9-10,15-16,20H,1-2,6-8,11-14,17-18H2/t20-/m0/s1. The van der Waals surface area contributed by atoms with Crippen LogP contribution < -0.4 is 10.5 Å². The predicted octanol–water partition coefficient (Wildman–Crippen LogP) is 2.91. The van der Waals surface area contributed by atoms with E-state index in [-0.39, 0.29) is 11.5 Å². The van der Waals surface area contributed by atoms with Crippen LogP contribution in [0.25, 0.3) is 0 Å². The van der Waals surface area contributed by atoms with Gasteiger partial charge in [0.2, 0.25) is 5.91 Å². The molecule has 1 atom stereocenters. The summed E-state index contributed by atoms with van der Waals surface area (Å²) in [6.07, 6.45) is 8.36. The molecule has 1 aromatic carbocycles. The first-order valence-electron chi connectivity index (χ1n) is 10.9. The van der Waals surface area contributed by atoms with Gasteiger partial charge in [0.1, 0.15) is 0 Å². The Morgan fingerprint density at radius 1 is 1.00 bits per heavy atom. The zero-order valence-electron chi connectivity index (χ0n) is 17.0. The number of hydrogen-bond acceptors (Lipinski definition) is 4. The minimum absolute atomic E-state index is 0.0219. The number of carbonyl (C=O) groups is 1. The molecule has 6 nitrogen and oxygen atoms in total. The summed E-state index contributed by atoms with van der Waals surface area (Å²) in [5.41, 5.74) is 1.77. The quantitative estimate of drug-likeness (QED) is 0.800. The van der Waals surface area contributed by atoms with Crippen molar-refractivity contribution >= 4 is 11.6 Å². The Balaban J connectivity index is 1.43. The lowest BCUT2D eigenvalue weighted by molar-refractivity contribution is -0.135. The van der Waals surface area contributed by atoms with Crippen molar-refractivity contribution in [2.24, 2.45) is 5.92 Å². The van der Waals surface area contributed by atoms with Crippen molar-refractivity contribution in [3.63, 3.8) is 0 Å². The van der Waals surface area contributed by atoms with E-state index in [1.54, 1.807) is 12.3 Å². The summed E-state index contributed by atoms with van der Waals surface area (Å²) < 4.78 is 1.49. The molecule has 1 amide bonds. The van der Waals surface area contributed by atoms with Gasteiger partial charge < -0.3 is 9.80 Å². The van der Waals surface area contributed by atoms with Crippen molar-refractivity contribution in [1.82, 2.24) is 14.7 Å². The second-order valence-electron chi connectivity index (χ2n) is 8.22. The minimum atomic E-state index is -0.104. The monoisotopic (exact) mass is 394 g/mol. The fourth-order valence-corrected chi connectivity index (χ4v) is 4.43. The number of hydrogen-bond donors (Lipinski definition) is 0. The summed E-state index contributed by atoms with van der Waals surface area (Å²) in [4.78, 5) is 29.8. The largest absolute Gasteiger partial charge is 0.369 e. The van der Waals surface area contributed by atoms with Gasteiger partial charge in [0.05, 0.1) is 24.3 Å². The lowest BCUT2D eigenvalue weighted by Gasteiger charge is -2.35. The van der Waals surface area contributed by atoms with Gasteiger partial charge in [-0.3, -0.25) is 9.59 Å². The van der Waals surface area contributed by atoms with Crippen molar-refractivity contribution in [3.8, 4) is 0 Å². The lowest BCUT2D eigenvalue weighted by Crippen LogP contribution is -2.45. The van der Waals surface area contributed by atoms with Gasteiger partial charge in [-0.15, -0.1) is 0 Å². The number of nitrogens with zero attached hydrogens (tertiary/aromatic N) is 4. The minimum Gasteiger partial charge on any atom is -0.369 e. The molecule has 2 aliphatic rings.